The summed E-state index contributed by atoms with van der Waals surface area (Å²) in [6.07, 6.45) is 0.530. The summed E-state index contributed by atoms with van der Waals surface area (Å²) in [6.45, 7) is 1.94. The van der Waals surface area contributed by atoms with Crippen molar-refractivity contribution in [3.63, 3.8) is 0 Å². The third-order valence-electron chi connectivity index (χ3n) is 4.10. The third kappa shape index (κ3) is 2.13. The predicted molar refractivity (Wildman–Crippen MR) is 88.3 cm³/mol. The Morgan fingerprint density at radius 3 is 2.83 bits per heavy atom. The zero-order valence-corrected chi connectivity index (χ0v) is 13.1. The number of para-hydroxylation sites is 1. The highest BCUT2D eigenvalue weighted by Gasteiger charge is 2.27. The molecule has 5 heteroatoms. The van der Waals surface area contributed by atoms with Crippen LogP contribution in [0.4, 0.5) is 4.39 Å². The first-order valence-electron chi connectivity index (χ1n) is 7.35. The summed E-state index contributed by atoms with van der Waals surface area (Å²) >= 11 is 5.89. The summed E-state index contributed by atoms with van der Waals surface area (Å²) in [5.41, 5.74) is 1.76. The second-order valence-corrected chi connectivity index (χ2v) is 6.10. The Morgan fingerprint density at radius 2 is 2.04 bits per heavy atom. The molecule has 3 aromatic rings. The molecule has 0 radical (unpaired) electrons. The van der Waals surface area contributed by atoms with Crippen LogP contribution in [-0.4, -0.2) is 10.7 Å². The first-order valence-corrected chi connectivity index (χ1v) is 7.73. The van der Waals surface area contributed by atoms with E-state index in [-0.39, 0.29) is 16.7 Å². The van der Waals surface area contributed by atoms with Crippen LogP contribution in [0.25, 0.3) is 16.6 Å². The second kappa shape index (κ2) is 5.10. The zero-order valence-electron chi connectivity index (χ0n) is 12.3. The fraction of sp³-hybridized carbons (Fsp3) is 0.167. The monoisotopic (exact) mass is 329 g/mol. The van der Waals surface area contributed by atoms with E-state index in [0.29, 0.717) is 28.9 Å². The molecule has 2 heterocycles. The molecule has 0 bridgehead atoms. The highest BCUT2D eigenvalue weighted by atomic mass is 35.5. The summed E-state index contributed by atoms with van der Waals surface area (Å²) in [6, 6.07) is 11.8. The largest absolute Gasteiger partial charge is 0.489 e. The lowest BCUT2D eigenvalue weighted by Crippen LogP contribution is -2.22. The fourth-order valence-corrected chi connectivity index (χ4v) is 3.26. The molecule has 0 saturated carbocycles. The minimum atomic E-state index is -0.508. The number of fused-ring (bicyclic) bond motifs is 3. The van der Waals surface area contributed by atoms with Crippen molar-refractivity contribution >= 4 is 22.5 Å². The van der Waals surface area contributed by atoms with Crippen molar-refractivity contribution in [2.24, 2.45) is 0 Å². The average Bonchev–Trinajstić information content (AvgIpc) is 2.93. The SMILES string of the molecule is CC1Cc2c(c3ccccc3n(-c3ccc(F)c(Cl)c3)c2=O)O1. The molecule has 4 rings (SSSR count). The van der Waals surface area contributed by atoms with Gasteiger partial charge in [-0.05, 0) is 37.3 Å². The Kier molecular flexibility index (Phi) is 3.16. The van der Waals surface area contributed by atoms with Crippen molar-refractivity contribution < 1.29 is 9.13 Å². The van der Waals surface area contributed by atoms with Gasteiger partial charge in [0, 0.05) is 11.8 Å². The minimum Gasteiger partial charge on any atom is -0.489 e. The van der Waals surface area contributed by atoms with E-state index in [9.17, 15) is 9.18 Å². The molecular weight excluding hydrogens is 317 g/mol. The molecule has 116 valence electrons. The molecule has 0 spiro atoms. The summed E-state index contributed by atoms with van der Waals surface area (Å²) < 4.78 is 20.9. The molecule has 23 heavy (non-hydrogen) atoms. The van der Waals surface area contributed by atoms with E-state index in [1.54, 1.807) is 10.6 Å². The Morgan fingerprint density at radius 1 is 1.26 bits per heavy atom. The number of hydrogen-bond donors (Lipinski definition) is 0. The first-order chi connectivity index (χ1) is 11.1. The number of benzene rings is 2. The average molecular weight is 330 g/mol. The van der Waals surface area contributed by atoms with Crippen molar-refractivity contribution in [3.8, 4) is 11.4 Å². The summed E-state index contributed by atoms with van der Waals surface area (Å²) in [4.78, 5) is 13.0. The van der Waals surface area contributed by atoms with Gasteiger partial charge in [0.1, 0.15) is 17.7 Å². The predicted octanol–water partition coefficient (Wildman–Crippen LogP) is 4.11. The molecule has 1 unspecified atom stereocenters. The molecule has 0 fully saturated rings. The van der Waals surface area contributed by atoms with Crippen LogP contribution in [0.3, 0.4) is 0 Å². The molecule has 2 aromatic carbocycles. The van der Waals surface area contributed by atoms with Gasteiger partial charge in [-0.1, -0.05) is 23.7 Å². The van der Waals surface area contributed by atoms with E-state index < -0.39 is 5.82 Å². The molecule has 0 saturated heterocycles. The van der Waals surface area contributed by atoms with Gasteiger partial charge in [-0.25, -0.2) is 4.39 Å². The van der Waals surface area contributed by atoms with Gasteiger partial charge >= 0.3 is 0 Å². The standard InChI is InChI=1S/C18H13ClFNO2/c1-10-8-13-17(23-10)12-4-2-3-5-16(12)21(18(13)22)11-6-7-15(20)14(19)9-11/h2-7,9-10H,8H2,1H3. The van der Waals surface area contributed by atoms with E-state index in [0.717, 1.165) is 5.39 Å². The number of nitrogens with zero attached hydrogens (tertiary/aromatic N) is 1. The Balaban J connectivity index is 2.11. The molecule has 0 aliphatic carbocycles. The molecule has 3 nitrogen and oxygen atoms in total. The highest BCUT2D eigenvalue weighted by molar-refractivity contribution is 6.30. The number of aromatic nitrogens is 1. The van der Waals surface area contributed by atoms with Crippen LogP contribution >= 0.6 is 11.6 Å². The van der Waals surface area contributed by atoms with Gasteiger partial charge in [0.15, 0.2) is 0 Å². The van der Waals surface area contributed by atoms with Crippen molar-refractivity contribution in [2.75, 3.05) is 0 Å². The van der Waals surface area contributed by atoms with E-state index in [1.807, 2.05) is 31.2 Å². The smallest absolute Gasteiger partial charge is 0.262 e. The molecule has 1 aliphatic heterocycles. The lowest BCUT2D eigenvalue weighted by Gasteiger charge is -2.14. The van der Waals surface area contributed by atoms with E-state index in [4.69, 9.17) is 16.3 Å². The Labute approximate surface area is 136 Å². The lowest BCUT2D eigenvalue weighted by atomic mass is 10.1. The van der Waals surface area contributed by atoms with E-state index in [2.05, 4.69) is 0 Å². The lowest BCUT2D eigenvalue weighted by molar-refractivity contribution is 0.257. The topological polar surface area (TPSA) is 31.2 Å². The highest BCUT2D eigenvalue weighted by Crippen LogP contribution is 2.35. The second-order valence-electron chi connectivity index (χ2n) is 5.70. The van der Waals surface area contributed by atoms with Crippen LogP contribution < -0.4 is 10.3 Å². The van der Waals surface area contributed by atoms with Crippen LogP contribution in [0.15, 0.2) is 47.3 Å². The molecule has 1 atom stereocenters. The summed E-state index contributed by atoms with van der Waals surface area (Å²) in [5, 5.41) is 0.857. The molecule has 1 aromatic heterocycles. The first kappa shape index (κ1) is 14.3. The molecule has 0 amide bonds. The maximum Gasteiger partial charge on any atom is 0.262 e. The third-order valence-corrected chi connectivity index (χ3v) is 4.39. The number of ether oxygens (including phenoxy) is 1. The van der Waals surface area contributed by atoms with Gasteiger partial charge in [0.05, 0.1) is 21.8 Å². The Hall–Kier alpha value is -2.33. The van der Waals surface area contributed by atoms with Crippen LogP contribution in [-0.2, 0) is 6.42 Å². The van der Waals surface area contributed by atoms with Crippen molar-refractivity contribution in [1.29, 1.82) is 0 Å². The van der Waals surface area contributed by atoms with Gasteiger partial charge in [0.25, 0.3) is 5.56 Å². The van der Waals surface area contributed by atoms with E-state index in [1.165, 1.54) is 12.1 Å². The molecule has 0 N–H and O–H groups in total. The van der Waals surface area contributed by atoms with Crippen LogP contribution in [0.5, 0.6) is 5.75 Å². The van der Waals surface area contributed by atoms with Crippen LogP contribution in [0, 0.1) is 5.82 Å². The minimum absolute atomic E-state index is 0.0106. The number of rotatable bonds is 1. The van der Waals surface area contributed by atoms with Crippen molar-refractivity contribution in [1.82, 2.24) is 4.57 Å². The summed E-state index contributed by atoms with van der Waals surface area (Å²) in [5.74, 6) is 0.147. The quantitative estimate of drug-likeness (QED) is 0.673. The van der Waals surface area contributed by atoms with E-state index >= 15 is 0 Å². The van der Waals surface area contributed by atoms with Gasteiger partial charge in [0.2, 0.25) is 0 Å². The van der Waals surface area contributed by atoms with Crippen molar-refractivity contribution in [2.45, 2.75) is 19.4 Å². The van der Waals surface area contributed by atoms with Crippen molar-refractivity contribution in [3.05, 3.63) is 69.2 Å². The van der Waals surface area contributed by atoms with Gasteiger partial charge in [-0.15, -0.1) is 0 Å². The maximum absolute atomic E-state index is 13.5. The molecule has 1 aliphatic rings. The fourth-order valence-electron chi connectivity index (χ4n) is 3.09. The van der Waals surface area contributed by atoms with Crippen LogP contribution in [0.2, 0.25) is 5.02 Å². The summed E-state index contributed by atoms with van der Waals surface area (Å²) in [7, 11) is 0. The van der Waals surface area contributed by atoms with Gasteiger partial charge < -0.3 is 4.74 Å². The molecular formula is C18H13ClFNO2. The number of hydrogen-bond acceptors (Lipinski definition) is 2. The number of pyridine rings is 1. The van der Waals surface area contributed by atoms with Crippen LogP contribution in [0.1, 0.15) is 12.5 Å². The normalized spacial score (nSPS) is 16.4. The van der Waals surface area contributed by atoms with Gasteiger partial charge in [-0.3, -0.25) is 9.36 Å². The maximum atomic E-state index is 13.5. The zero-order chi connectivity index (χ0) is 16.1. The number of halogens is 2. The Bertz CT molecular complexity index is 996. The van der Waals surface area contributed by atoms with Gasteiger partial charge in [-0.2, -0.15) is 0 Å².